The minimum atomic E-state index is -0.491. The van der Waals surface area contributed by atoms with Crippen LogP contribution in [0.4, 0.5) is 0 Å². The van der Waals surface area contributed by atoms with Crippen molar-refractivity contribution in [2.24, 2.45) is 0 Å². The number of carbonyl (C=O) groups excluding carboxylic acids is 1. The summed E-state index contributed by atoms with van der Waals surface area (Å²) in [5.41, 5.74) is 1.38. The lowest BCUT2D eigenvalue weighted by molar-refractivity contribution is -0.118. The van der Waals surface area contributed by atoms with E-state index in [1.807, 2.05) is 56.3 Å². The van der Waals surface area contributed by atoms with E-state index in [0.717, 1.165) is 11.1 Å². The molecule has 2 aromatic rings. The molecular formula is C22H27NO4. The average Bonchev–Trinajstić information content (AvgIpc) is 2.66. The van der Waals surface area contributed by atoms with Crippen LogP contribution < -0.4 is 14.8 Å². The van der Waals surface area contributed by atoms with E-state index in [1.54, 1.807) is 26.4 Å². The van der Waals surface area contributed by atoms with Crippen LogP contribution >= 0.6 is 0 Å². The number of nitrogens with one attached hydrogen (secondary N) is 1. The quantitative estimate of drug-likeness (QED) is 0.683. The molecule has 0 spiro atoms. The van der Waals surface area contributed by atoms with Crippen molar-refractivity contribution in [3.8, 4) is 11.5 Å². The lowest BCUT2D eigenvalue weighted by atomic mass is 10.1. The Morgan fingerprint density at radius 3 is 2.48 bits per heavy atom. The van der Waals surface area contributed by atoms with Crippen LogP contribution in [0.2, 0.25) is 0 Å². The van der Waals surface area contributed by atoms with Crippen LogP contribution in [0.1, 0.15) is 25.0 Å². The van der Waals surface area contributed by atoms with Gasteiger partial charge in [0.1, 0.15) is 11.5 Å². The maximum Gasteiger partial charge on any atom is 0.244 e. The highest BCUT2D eigenvalue weighted by atomic mass is 16.5. The third kappa shape index (κ3) is 6.79. The molecule has 0 aromatic heterocycles. The van der Waals surface area contributed by atoms with Crippen molar-refractivity contribution in [2.75, 3.05) is 20.8 Å². The van der Waals surface area contributed by atoms with Gasteiger partial charge in [0.25, 0.3) is 0 Å². The van der Waals surface area contributed by atoms with Gasteiger partial charge in [-0.2, -0.15) is 0 Å². The van der Waals surface area contributed by atoms with Crippen LogP contribution in [0.3, 0.4) is 0 Å². The first-order valence-corrected chi connectivity index (χ1v) is 8.77. The standard InChI is InChI=1S/C22H27NO4/c1-22(2,16-27-15-17-8-6-5-7-9-17)23-21(24)13-10-18-14-19(25-3)11-12-20(18)26-4/h5-14H,15-16H2,1-4H3,(H,23,24)/b13-10+. The molecule has 0 aliphatic rings. The molecule has 0 aliphatic carbocycles. The van der Waals surface area contributed by atoms with Crippen LogP contribution in [-0.2, 0) is 16.1 Å². The fourth-order valence-electron chi connectivity index (χ4n) is 2.54. The first-order chi connectivity index (χ1) is 12.9. The number of methoxy groups -OCH3 is 2. The first-order valence-electron chi connectivity index (χ1n) is 8.77. The fraction of sp³-hybridized carbons (Fsp3) is 0.318. The molecule has 2 aromatic carbocycles. The highest BCUT2D eigenvalue weighted by Crippen LogP contribution is 2.25. The van der Waals surface area contributed by atoms with Crippen LogP contribution in [0.15, 0.2) is 54.6 Å². The summed E-state index contributed by atoms with van der Waals surface area (Å²) < 4.78 is 16.3. The topological polar surface area (TPSA) is 56.8 Å². The smallest absolute Gasteiger partial charge is 0.244 e. The predicted molar refractivity (Wildman–Crippen MR) is 107 cm³/mol. The summed E-state index contributed by atoms with van der Waals surface area (Å²) in [5.74, 6) is 1.17. The second-order valence-corrected chi connectivity index (χ2v) is 6.79. The molecule has 0 heterocycles. The van der Waals surface area contributed by atoms with E-state index >= 15 is 0 Å². The molecular weight excluding hydrogens is 342 g/mol. The molecule has 1 amide bonds. The Morgan fingerprint density at radius 2 is 1.81 bits per heavy atom. The summed E-state index contributed by atoms with van der Waals surface area (Å²) in [5, 5.41) is 2.96. The molecule has 0 atom stereocenters. The number of hydrogen-bond donors (Lipinski definition) is 1. The van der Waals surface area contributed by atoms with Crippen molar-refractivity contribution in [3.63, 3.8) is 0 Å². The van der Waals surface area contributed by atoms with Crippen molar-refractivity contribution >= 4 is 12.0 Å². The number of benzene rings is 2. The van der Waals surface area contributed by atoms with Gasteiger partial charge in [-0.15, -0.1) is 0 Å². The number of hydrogen-bond acceptors (Lipinski definition) is 4. The zero-order valence-corrected chi connectivity index (χ0v) is 16.3. The molecule has 27 heavy (non-hydrogen) atoms. The van der Waals surface area contributed by atoms with Crippen molar-refractivity contribution in [1.82, 2.24) is 5.32 Å². The van der Waals surface area contributed by atoms with Gasteiger partial charge in [-0.25, -0.2) is 0 Å². The molecule has 0 saturated carbocycles. The molecule has 0 aliphatic heterocycles. The van der Waals surface area contributed by atoms with E-state index in [1.165, 1.54) is 6.08 Å². The zero-order chi connectivity index (χ0) is 19.7. The van der Waals surface area contributed by atoms with Gasteiger partial charge in [0.2, 0.25) is 5.91 Å². The van der Waals surface area contributed by atoms with Crippen molar-refractivity contribution in [2.45, 2.75) is 26.0 Å². The highest BCUT2D eigenvalue weighted by molar-refractivity contribution is 5.92. The van der Waals surface area contributed by atoms with Gasteiger partial charge in [0.05, 0.1) is 33.0 Å². The van der Waals surface area contributed by atoms with Gasteiger partial charge in [-0.3, -0.25) is 4.79 Å². The van der Waals surface area contributed by atoms with E-state index in [9.17, 15) is 4.79 Å². The molecule has 0 saturated heterocycles. The third-order valence-corrected chi connectivity index (χ3v) is 3.89. The minimum absolute atomic E-state index is 0.201. The molecule has 0 unspecified atom stereocenters. The zero-order valence-electron chi connectivity index (χ0n) is 16.3. The first kappa shape index (κ1) is 20.5. The molecule has 1 N–H and O–H groups in total. The monoisotopic (exact) mass is 369 g/mol. The second-order valence-electron chi connectivity index (χ2n) is 6.79. The molecule has 5 heteroatoms. The van der Waals surface area contributed by atoms with Gasteiger partial charge in [-0.05, 0) is 43.7 Å². The Bertz CT molecular complexity index is 769. The summed E-state index contributed by atoms with van der Waals surface area (Å²) in [4.78, 5) is 12.3. The second kappa shape index (κ2) is 9.78. The maximum absolute atomic E-state index is 12.3. The molecule has 0 bridgehead atoms. The van der Waals surface area contributed by atoms with Gasteiger partial charge in [-0.1, -0.05) is 30.3 Å². The summed E-state index contributed by atoms with van der Waals surface area (Å²) in [6, 6.07) is 15.4. The van der Waals surface area contributed by atoms with Crippen molar-refractivity contribution in [1.29, 1.82) is 0 Å². The van der Waals surface area contributed by atoms with Crippen molar-refractivity contribution in [3.05, 3.63) is 65.7 Å². The van der Waals surface area contributed by atoms with E-state index in [4.69, 9.17) is 14.2 Å². The Hall–Kier alpha value is -2.79. The van der Waals surface area contributed by atoms with E-state index in [2.05, 4.69) is 5.32 Å². The normalized spacial score (nSPS) is 11.4. The Morgan fingerprint density at radius 1 is 1.07 bits per heavy atom. The number of amides is 1. The Labute approximate surface area is 161 Å². The summed E-state index contributed by atoms with van der Waals surface area (Å²) in [7, 11) is 3.19. The third-order valence-electron chi connectivity index (χ3n) is 3.89. The summed E-state index contributed by atoms with van der Waals surface area (Å²) in [6.45, 7) is 4.77. The minimum Gasteiger partial charge on any atom is -0.497 e. The van der Waals surface area contributed by atoms with E-state index in [-0.39, 0.29) is 5.91 Å². The summed E-state index contributed by atoms with van der Waals surface area (Å²) in [6.07, 6.45) is 3.19. The predicted octanol–water partition coefficient (Wildman–Crippen LogP) is 3.83. The lowest BCUT2D eigenvalue weighted by Gasteiger charge is -2.25. The van der Waals surface area contributed by atoms with Crippen LogP contribution in [0.25, 0.3) is 6.08 Å². The number of ether oxygens (including phenoxy) is 3. The average molecular weight is 369 g/mol. The number of rotatable bonds is 9. The van der Waals surface area contributed by atoms with Gasteiger partial charge in [0.15, 0.2) is 0 Å². The van der Waals surface area contributed by atoms with Crippen LogP contribution in [0.5, 0.6) is 11.5 Å². The molecule has 144 valence electrons. The highest BCUT2D eigenvalue weighted by Gasteiger charge is 2.19. The maximum atomic E-state index is 12.3. The van der Waals surface area contributed by atoms with E-state index < -0.39 is 5.54 Å². The Balaban J connectivity index is 1.90. The van der Waals surface area contributed by atoms with Gasteiger partial charge < -0.3 is 19.5 Å². The number of carbonyl (C=O) groups is 1. The SMILES string of the molecule is COc1ccc(OC)c(/C=C/C(=O)NC(C)(C)COCc2ccccc2)c1. The van der Waals surface area contributed by atoms with E-state index in [0.29, 0.717) is 24.7 Å². The molecule has 5 nitrogen and oxygen atoms in total. The van der Waals surface area contributed by atoms with Gasteiger partial charge >= 0.3 is 0 Å². The Kier molecular flexibility index (Phi) is 7.44. The van der Waals surface area contributed by atoms with Gasteiger partial charge in [0, 0.05) is 11.6 Å². The lowest BCUT2D eigenvalue weighted by Crippen LogP contribution is -2.46. The van der Waals surface area contributed by atoms with Crippen LogP contribution in [-0.4, -0.2) is 32.3 Å². The molecule has 2 rings (SSSR count). The molecule has 0 radical (unpaired) electrons. The molecule has 0 fully saturated rings. The summed E-state index contributed by atoms with van der Waals surface area (Å²) >= 11 is 0. The largest absolute Gasteiger partial charge is 0.497 e. The fourth-order valence-corrected chi connectivity index (χ4v) is 2.54. The van der Waals surface area contributed by atoms with Crippen LogP contribution in [0, 0.1) is 0 Å². The van der Waals surface area contributed by atoms with Crippen molar-refractivity contribution < 1.29 is 19.0 Å².